The smallest absolute Gasteiger partial charge is 0.165 e. The van der Waals surface area contributed by atoms with Crippen LogP contribution in [0.25, 0.3) is 0 Å². The Morgan fingerprint density at radius 3 is 2.76 bits per heavy atom. The Balaban J connectivity index is 2.18. The van der Waals surface area contributed by atoms with Crippen molar-refractivity contribution < 1.29 is 4.39 Å². The zero-order valence-electron chi connectivity index (χ0n) is 9.91. The summed E-state index contributed by atoms with van der Waals surface area (Å²) in [5.74, 6) is 0.304. The van der Waals surface area contributed by atoms with Gasteiger partial charge in [0.05, 0.1) is 0 Å². The number of anilines is 1. The van der Waals surface area contributed by atoms with Gasteiger partial charge in [-0.1, -0.05) is 35.2 Å². The van der Waals surface area contributed by atoms with Crippen LogP contribution < -0.4 is 4.90 Å². The summed E-state index contributed by atoms with van der Waals surface area (Å²) in [5, 5.41) is 0.847. The SMILES string of the molecule is Fc1cccnc1N(CCBr)C1CCCCC1. The van der Waals surface area contributed by atoms with Gasteiger partial charge in [-0.3, -0.25) is 0 Å². The molecule has 2 rings (SSSR count). The van der Waals surface area contributed by atoms with Gasteiger partial charge >= 0.3 is 0 Å². The number of hydrogen-bond donors (Lipinski definition) is 0. The second-order valence-corrected chi connectivity index (χ2v) is 5.28. The Bertz CT molecular complexity index is 353. The molecule has 0 unspecified atom stereocenters. The van der Waals surface area contributed by atoms with Crippen molar-refractivity contribution >= 4 is 21.7 Å². The number of halogens is 2. The highest BCUT2D eigenvalue weighted by molar-refractivity contribution is 9.09. The summed E-state index contributed by atoms with van der Waals surface area (Å²) in [6.45, 7) is 0.818. The molecule has 0 saturated heterocycles. The largest absolute Gasteiger partial charge is 0.350 e. The van der Waals surface area contributed by atoms with Crippen molar-refractivity contribution in [3.8, 4) is 0 Å². The molecular weight excluding hydrogens is 283 g/mol. The number of hydrogen-bond acceptors (Lipinski definition) is 2. The summed E-state index contributed by atoms with van der Waals surface area (Å²) in [4.78, 5) is 6.33. The van der Waals surface area contributed by atoms with Crippen LogP contribution in [-0.4, -0.2) is 22.9 Å². The van der Waals surface area contributed by atoms with E-state index in [1.54, 1.807) is 12.3 Å². The highest BCUT2D eigenvalue weighted by atomic mass is 79.9. The number of rotatable bonds is 4. The van der Waals surface area contributed by atoms with E-state index >= 15 is 0 Å². The summed E-state index contributed by atoms with van der Waals surface area (Å²) in [6, 6.07) is 3.59. The summed E-state index contributed by atoms with van der Waals surface area (Å²) >= 11 is 3.45. The third-order valence-electron chi connectivity index (χ3n) is 3.35. The third kappa shape index (κ3) is 3.18. The van der Waals surface area contributed by atoms with Crippen LogP contribution in [0.5, 0.6) is 0 Å². The van der Waals surface area contributed by atoms with Crippen molar-refractivity contribution in [3.05, 3.63) is 24.1 Å². The van der Waals surface area contributed by atoms with Crippen molar-refractivity contribution in [2.75, 3.05) is 16.8 Å². The van der Waals surface area contributed by atoms with Gasteiger partial charge in [0.2, 0.25) is 0 Å². The lowest BCUT2D eigenvalue weighted by molar-refractivity contribution is 0.413. The van der Waals surface area contributed by atoms with Crippen LogP contribution in [0.15, 0.2) is 18.3 Å². The fourth-order valence-electron chi connectivity index (χ4n) is 2.53. The molecule has 94 valence electrons. The average Bonchev–Trinajstić information content (AvgIpc) is 2.38. The van der Waals surface area contributed by atoms with E-state index in [-0.39, 0.29) is 5.82 Å². The van der Waals surface area contributed by atoms with Crippen molar-refractivity contribution in [2.24, 2.45) is 0 Å². The first kappa shape index (κ1) is 12.8. The number of pyridine rings is 1. The Labute approximate surface area is 110 Å². The number of nitrogens with zero attached hydrogens (tertiary/aromatic N) is 2. The first-order valence-electron chi connectivity index (χ1n) is 6.26. The predicted molar refractivity (Wildman–Crippen MR) is 72.2 cm³/mol. The van der Waals surface area contributed by atoms with E-state index in [4.69, 9.17) is 0 Å². The van der Waals surface area contributed by atoms with Crippen molar-refractivity contribution in [1.82, 2.24) is 4.98 Å². The zero-order valence-corrected chi connectivity index (χ0v) is 11.5. The van der Waals surface area contributed by atoms with E-state index in [2.05, 4.69) is 25.8 Å². The van der Waals surface area contributed by atoms with Crippen LogP contribution in [0.4, 0.5) is 10.2 Å². The van der Waals surface area contributed by atoms with Gasteiger partial charge in [-0.05, 0) is 25.0 Å². The molecule has 1 aliphatic carbocycles. The maximum Gasteiger partial charge on any atom is 0.165 e. The highest BCUT2D eigenvalue weighted by Gasteiger charge is 2.23. The maximum absolute atomic E-state index is 13.8. The minimum Gasteiger partial charge on any atom is -0.350 e. The molecule has 4 heteroatoms. The first-order valence-corrected chi connectivity index (χ1v) is 7.38. The predicted octanol–water partition coefficient (Wildman–Crippen LogP) is 3.75. The second-order valence-electron chi connectivity index (χ2n) is 4.48. The molecule has 1 fully saturated rings. The molecule has 1 aromatic heterocycles. The van der Waals surface area contributed by atoms with Gasteiger partial charge in [0.25, 0.3) is 0 Å². The van der Waals surface area contributed by atoms with E-state index in [0.717, 1.165) is 24.7 Å². The Kier molecular flexibility index (Phi) is 4.77. The Morgan fingerprint density at radius 2 is 2.12 bits per heavy atom. The summed E-state index contributed by atoms with van der Waals surface area (Å²) < 4.78 is 13.8. The lowest BCUT2D eigenvalue weighted by atomic mass is 9.94. The molecule has 1 aliphatic rings. The van der Waals surface area contributed by atoms with Crippen LogP contribution in [0, 0.1) is 5.82 Å². The molecule has 0 bridgehead atoms. The molecule has 0 amide bonds. The maximum atomic E-state index is 13.8. The van der Waals surface area contributed by atoms with Gasteiger partial charge in [0.1, 0.15) is 0 Å². The highest BCUT2D eigenvalue weighted by Crippen LogP contribution is 2.27. The minimum absolute atomic E-state index is 0.209. The van der Waals surface area contributed by atoms with Gasteiger partial charge in [0.15, 0.2) is 11.6 Å². The summed E-state index contributed by atoms with van der Waals surface area (Å²) in [5.41, 5.74) is 0. The third-order valence-corrected chi connectivity index (χ3v) is 3.71. The van der Waals surface area contributed by atoms with Crippen LogP contribution in [0.2, 0.25) is 0 Å². The molecule has 0 aliphatic heterocycles. The minimum atomic E-state index is -0.209. The van der Waals surface area contributed by atoms with E-state index in [1.807, 2.05) is 0 Å². The van der Waals surface area contributed by atoms with E-state index < -0.39 is 0 Å². The topological polar surface area (TPSA) is 16.1 Å². The molecule has 0 aromatic carbocycles. The van der Waals surface area contributed by atoms with Crippen LogP contribution >= 0.6 is 15.9 Å². The number of aromatic nitrogens is 1. The van der Waals surface area contributed by atoms with Crippen molar-refractivity contribution in [2.45, 2.75) is 38.1 Å². The van der Waals surface area contributed by atoms with Gasteiger partial charge < -0.3 is 4.90 Å². The monoisotopic (exact) mass is 300 g/mol. The molecule has 1 saturated carbocycles. The van der Waals surface area contributed by atoms with Crippen molar-refractivity contribution in [1.29, 1.82) is 0 Å². The van der Waals surface area contributed by atoms with Crippen LogP contribution in [-0.2, 0) is 0 Å². The molecule has 17 heavy (non-hydrogen) atoms. The molecule has 0 N–H and O–H groups in total. The molecule has 0 atom stereocenters. The molecule has 2 nitrogen and oxygen atoms in total. The summed E-state index contributed by atoms with van der Waals surface area (Å²) in [7, 11) is 0. The van der Waals surface area contributed by atoms with E-state index in [9.17, 15) is 4.39 Å². The quantitative estimate of drug-likeness (QED) is 0.787. The standard InChI is InChI=1S/C13H18BrFN2/c14-8-10-17(11-5-2-1-3-6-11)13-12(15)7-4-9-16-13/h4,7,9,11H,1-3,5-6,8,10H2. The first-order chi connectivity index (χ1) is 8.33. The fourth-order valence-corrected chi connectivity index (χ4v) is 2.92. The Hall–Kier alpha value is -0.640. The molecular formula is C13H18BrFN2. The fraction of sp³-hybridized carbons (Fsp3) is 0.615. The lowest BCUT2D eigenvalue weighted by Gasteiger charge is -2.35. The van der Waals surface area contributed by atoms with Gasteiger partial charge in [-0.15, -0.1) is 0 Å². The molecule has 0 spiro atoms. The molecule has 0 radical (unpaired) electrons. The summed E-state index contributed by atoms with van der Waals surface area (Å²) in [6.07, 6.45) is 7.79. The second kappa shape index (κ2) is 6.34. The number of alkyl halides is 1. The van der Waals surface area contributed by atoms with Gasteiger partial charge in [-0.25, -0.2) is 9.37 Å². The van der Waals surface area contributed by atoms with Gasteiger partial charge in [-0.2, -0.15) is 0 Å². The van der Waals surface area contributed by atoms with Gasteiger partial charge in [0, 0.05) is 24.1 Å². The zero-order chi connectivity index (χ0) is 12.1. The Morgan fingerprint density at radius 1 is 1.35 bits per heavy atom. The van der Waals surface area contributed by atoms with Crippen LogP contribution in [0.1, 0.15) is 32.1 Å². The molecule has 1 aromatic rings. The average molecular weight is 301 g/mol. The van der Waals surface area contributed by atoms with E-state index in [1.165, 1.54) is 25.3 Å². The van der Waals surface area contributed by atoms with Crippen LogP contribution in [0.3, 0.4) is 0 Å². The molecule has 1 heterocycles. The normalized spacial score (nSPS) is 17.1. The lowest BCUT2D eigenvalue weighted by Crippen LogP contribution is -2.39. The van der Waals surface area contributed by atoms with Crippen molar-refractivity contribution in [3.63, 3.8) is 0 Å². The van der Waals surface area contributed by atoms with E-state index in [0.29, 0.717) is 11.9 Å².